The highest BCUT2D eigenvalue weighted by molar-refractivity contribution is 6.32. The second-order valence-electron chi connectivity index (χ2n) is 3.64. The Bertz CT molecular complexity index is 535. The summed E-state index contributed by atoms with van der Waals surface area (Å²) in [6.07, 6.45) is 3.28. The summed E-state index contributed by atoms with van der Waals surface area (Å²) in [6.45, 7) is 4.06. The Kier molecular flexibility index (Phi) is 3.69. The number of hydrogen-bond donors (Lipinski definition) is 0. The highest BCUT2D eigenvalue weighted by Crippen LogP contribution is 2.26. The van der Waals surface area contributed by atoms with E-state index in [1.807, 2.05) is 13.8 Å². The van der Waals surface area contributed by atoms with Crippen molar-refractivity contribution in [2.45, 2.75) is 26.7 Å². The summed E-state index contributed by atoms with van der Waals surface area (Å²) in [6, 6.07) is 3.59. The maximum absolute atomic E-state index is 6.28. The lowest BCUT2D eigenvalue weighted by molar-refractivity contribution is 0.772. The van der Waals surface area contributed by atoms with E-state index in [1.54, 1.807) is 23.0 Å². The third-order valence-corrected chi connectivity index (χ3v) is 3.32. The van der Waals surface area contributed by atoms with E-state index in [2.05, 4.69) is 10.1 Å². The molecule has 3 nitrogen and oxygen atoms in total. The van der Waals surface area contributed by atoms with E-state index in [0.717, 1.165) is 29.3 Å². The molecular weight excluding hydrogens is 257 g/mol. The molecule has 17 heavy (non-hydrogen) atoms. The van der Waals surface area contributed by atoms with Crippen molar-refractivity contribution in [3.63, 3.8) is 0 Å². The van der Waals surface area contributed by atoms with Gasteiger partial charge in [-0.05, 0) is 25.0 Å². The second-order valence-corrected chi connectivity index (χ2v) is 4.42. The molecule has 0 N–H and O–H groups in total. The first-order valence-corrected chi connectivity index (χ1v) is 6.31. The Morgan fingerprint density at radius 2 is 2.00 bits per heavy atom. The number of nitrogens with zero attached hydrogens (tertiary/aromatic N) is 3. The highest BCUT2D eigenvalue weighted by Gasteiger charge is 2.16. The molecule has 0 saturated heterocycles. The summed E-state index contributed by atoms with van der Waals surface area (Å²) in [4.78, 5) is 4.26. The summed E-state index contributed by atoms with van der Waals surface area (Å²) >= 11 is 12.4. The Morgan fingerprint density at radius 3 is 2.59 bits per heavy atom. The SMILES string of the molecule is CCc1nn(-c2ncccc2Cl)c(CC)c1Cl. The Morgan fingerprint density at radius 1 is 1.24 bits per heavy atom. The smallest absolute Gasteiger partial charge is 0.172 e. The number of pyridine rings is 1. The van der Waals surface area contributed by atoms with Crippen LogP contribution in [0.2, 0.25) is 10.0 Å². The molecule has 2 heterocycles. The minimum atomic E-state index is 0.573. The summed E-state index contributed by atoms with van der Waals surface area (Å²) in [7, 11) is 0. The molecule has 0 radical (unpaired) electrons. The molecule has 0 spiro atoms. The van der Waals surface area contributed by atoms with Crippen molar-refractivity contribution >= 4 is 23.2 Å². The van der Waals surface area contributed by atoms with E-state index >= 15 is 0 Å². The van der Waals surface area contributed by atoms with Crippen LogP contribution in [-0.2, 0) is 12.8 Å². The van der Waals surface area contributed by atoms with Crippen LogP contribution in [0.5, 0.6) is 0 Å². The third-order valence-electron chi connectivity index (χ3n) is 2.59. The molecule has 0 fully saturated rings. The van der Waals surface area contributed by atoms with Gasteiger partial charge < -0.3 is 0 Å². The van der Waals surface area contributed by atoms with Gasteiger partial charge in [-0.3, -0.25) is 0 Å². The Balaban J connectivity index is 2.63. The lowest BCUT2D eigenvalue weighted by atomic mass is 10.2. The number of rotatable bonds is 3. The van der Waals surface area contributed by atoms with Crippen molar-refractivity contribution < 1.29 is 0 Å². The molecule has 2 rings (SSSR count). The summed E-state index contributed by atoms with van der Waals surface area (Å²) in [5.74, 6) is 0.632. The second kappa shape index (κ2) is 5.07. The predicted octanol–water partition coefficient (Wildman–Crippen LogP) is 3.70. The lowest BCUT2D eigenvalue weighted by Gasteiger charge is -2.06. The van der Waals surface area contributed by atoms with Crippen LogP contribution in [0.3, 0.4) is 0 Å². The molecule has 0 aliphatic rings. The molecule has 0 bridgehead atoms. The number of aryl methyl sites for hydroxylation is 1. The molecule has 0 aromatic carbocycles. The first-order valence-electron chi connectivity index (χ1n) is 5.56. The standard InChI is InChI=1S/C12H13Cl2N3/c1-3-9-11(14)10(4-2)17(16-9)12-8(13)6-5-7-15-12/h5-7H,3-4H2,1-2H3. The van der Waals surface area contributed by atoms with Crippen LogP contribution in [0, 0.1) is 0 Å². The van der Waals surface area contributed by atoms with Crippen LogP contribution < -0.4 is 0 Å². The minimum Gasteiger partial charge on any atom is -0.236 e. The van der Waals surface area contributed by atoms with Gasteiger partial charge in [-0.25, -0.2) is 9.67 Å². The fourth-order valence-corrected chi connectivity index (χ4v) is 2.31. The van der Waals surface area contributed by atoms with E-state index in [9.17, 15) is 0 Å². The van der Waals surface area contributed by atoms with Crippen LogP contribution in [0.15, 0.2) is 18.3 Å². The van der Waals surface area contributed by atoms with Gasteiger partial charge in [0.05, 0.1) is 21.4 Å². The molecule has 2 aromatic rings. The van der Waals surface area contributed by atoms with Crippen molar-refractivity contribution in [3.8, 4) is 5.82 Å². The van der Waals surface area contributed by atoms with E-state index in [0.29, 0.717) is 10.8 Å². The van der Waals surface area contributed by atoms with Crippen molar-refractivity contribution in [1.29, 1.82) is 0 Å². The monoisotopic (exact) mass is 269 g/mol. The van der Waals surface area contributed by atoms with Gasteiger partial charge in [0.15, 0.2) is 5.82 Å². The van der Waals surface area contributed by atoms with Gasteiger partial charge in [-0.15, -0.1) is 0 Å². The van der Waals surface area contributed by atoms with Crippen LogP contribution >= 0.6 is 23.2 Å². The zero-order valence-corrected chi connectivity index (χ0v) is 11.3. The Labute approximate surface area is 110 Å². The van der Waals surface area contributed by atoms with Gasteiger partial charge in [-0.1, -0.05) is 37.0 Å². The van der Waals surface area contributed by atoms with E-state index in [4.69, 9.17) is 23.2 Å². The summed E-state index contributed by atoms with van der Waals surface area (Å²) in [5.41, 5.74) is 1.83. The van der Waals surface area contributed by atoms with Crippen LogP contribution in [0.4, 0.5) is 0 Å². The molecule has 0 aliphatic heterocycles. The van der Waals surface area contributed by atoms with Crippen molar-refractivity contribution in [2.24, 2.45) is 0 Å². The van der Waals surface area contributed by atoms with Gasteiger partial charge in [0.2, 0.25) is 0 Å². The maximum Gasteiger partial charge on any atom is 0.172 e. The topological polar surface area (TPSA) is 30.7 Å². The predicted molar refractivity (Wildman–Crippen MR) is 70.1 cm³/mol. The average Bonchev–Trinajstić information content (AvgIpc) is 2.66. The van der Waals surface area contributed by atoms with Crippen molar-refractivity contribution in [1.82, 2.24) is 14.8 Å². The van der Waals surface area contributed by atoms with Gasteiger partial charge >= 0.3 is 0 Å². The van der Waals surface area contributed by atoms with Crippen molar-refractivity contribution in [3.05, 3.63) is 39.8 Å². The van der Waals surface area contributed by atoms with Crippen LogP contribution in [-0.4, -0.2) is 14.8 Å². The lowest BCUT2D eigenvalue weighted by Crippen LogP contribution is -2.04. The molecule has 90 valence electrons. The molecule has 2 aromatic heterocycles. The normalized spacial score (nSPS) is 10.8. The fraction of sp³-hybridized carbons (Fsp3) is 0.333. The molecular formula is C12H13Cl2N3. The van der Waals surface area contributed by atoms with Crippen LogP contribution in [0.1, 0.15) is 25.2 Å². The molecule has 0 saturated carbocycles. The van der Waals surface area contributed by atoms with Gasteiger partial charge in [-0.2, -0.15) is 5.10 Å². The number of aromatic nitrogens is 3. The van der Waals surface area contributed by atoms with Crippen molar-refractivity contribution in [2.75, 3.05) is 0 Å². The van der Waals surface area contributed by atoms with E-state index in [1.165, 1.54) is 0 Å². The first kappa shape index (κ1) is 12.4. The molecule has 0 amide bonds. The largest absolute Gasteiger partial charge is 0.236 e. The average molecular weight is 270 g/mol. The Hall–Kier alpha value is -1.06. The van der Waals surface area contributed by atoms with Gasteiger partial charge in [0.1, 0.15) is 0 Å². The van der Waals surface area contributed by atoms with E-state index < -0.39 is 0 Å². The molecule has 0 aliphatic carbocycles. The van der Waals surface area contributed by atoms with Crippen LogP contribution in [0.25, 0.3) is 5.82 Å². The van der Waals surface area contributed by atoms with Gasteiger partial charge in [0.25, 0.3) is 0 Å². The molecule has 0 atom stereocenters. The summed E-state index contributed by atoms with van der Waals surface area (Å²) in [5, 5.41) is 5.76. The number of hydrogen-bond acceptors (Lipinski definition) is 2. The number of halogens is 2. The fourth-order valence-electron chi connectivity index (χ4n) is 1.72. The van der Waals surface area contributed by atoms with Gasteiger partial charge in [0, 0.05) is 6.20 Å². The minimum absolute atomic E-state index is 0.573. The maximum atomic E-state index is 6.28. The summed E-state index contributed by atoms with van der Waals surface area (Å²) < 4.78 is 1.74. The molecule has 5 heteroatoms. The quantitative estimate of drug-likeness (QED) is 0.851. The zero-order valence-electron chi connectivity index (χ0n) is 9.74. The highest BCUT2D eigenvalue weighted by atomic mass is 35.5. The zero-order chi connectivity index (χ0) is 12.4. The first-order chi connectivity index (χ1) is 8.19. The molecule has 0 unspecified atom stereocenters. The third kappa shape index (κ3) is 2.17. The van der Waals surface area contributed by atoms with E-state index in [-0.39, 0.29) is 0 Å².